The van der Waals surface area contributed by atoms with E-state index >= 15 is 0 Å². The molecule has 0 saturated carbocycles. The molecule has 2 rings (SSSR count). The number of rotatable bonds is 10. The van der Waals surface area contributed by atoms with Crippen molar-refractivity contribution in [3.8, 4) is 17.2 Å². The number of aromatic nitrogens is 1. The lowest BCUT2D eigenvalue weighted by Gasteiger charge is -2.24. The number of hydrogen-bond donors (Lipinski definition) is 0. The van der Waals surface area contributed by atoms with Gasteiger partial charge in [-0.1, -0.05) is 32.0 Å². The van der Waals surface area contributed by atoms with Crippen LogP contribution >= 0.6 is 0 Å². The first-order chi connectivity index (χ1) is 15.2. The Morgan fingerprint density at radius 2 is 1.62 bits per heavy atom. The number of para-hydroxylation sites is 1. The van der Waals surface area contributed by atoms with Crippen molar-refractivity contribution in [1.29, 1.82) is 0 Å². The Balaban J connectivity index is 2.09. The van der Waals surface area contributed by atoms with E-state index in [1.165, 1.54) is 26.3 Å². The van der Waals surface area contributed by atoms with Crippen molar-refractivity contribution in [2.24, 2.45) is 5.92 Å². The molecule has 0 unspecified atom stereocenters. The molecule has 0 bridgehead atoms. The summed E-state index contributed by atoms with van der Waals surface area (Å²) in [5.74, 6) is -1.58. The Morgan fingerprint density at radius 1 is 0.969 bits per heavy atom. The summed E-state index contributed by atoms with van der Waals surface area (Å²) in [6, 6.07) is 9.02. The maximum Gasteiger partial charge on any atom is 0.309 e. The SMILES string of the molecule is COc1ccccc1[C@H](C)[C@H](C)OC(=O)[C@H](C)CC(=O)c1nccc(OC)c1OC(C)=O. The van der Waals surface area contributed by atoms with Crippen LogP contribution in [-0.2, 0) is 14.3 Å². The van der Waals surface area contributed by atoms with Gasteiger partial charge in [-0.15, -0.1) is 0 Å². The Labute approximate surface area is 187 Å². The standard InChI is InChI=1S/C24H29NO7/c1-14(13-19(27)22-23(32-17(4)26)21(30-6)11-12-25-22)24(28)31-16(3)15(2)18-9-7-8-10-20(18)29-5/h7-12,14-16H,13H2,1-6H3/t14-,15-,16+/m1/s1. The van der Waals surface area contributed by atoms with Gasteiger partial charge in [0, 0.05) is 37.1 Å². The number of nitrogens with zero attached hydrogens (tertiary/aromatic N) is 1. The highest BCUT2D eigenvalue weighted by molar-refractivity contribution is 5.99. The average Bonchev–Trinajstić information content (AvgIpc) is 2.77. The fourth-order valence-electron chi connectivity index (χ4n) is 3.19. The molecule has 0 spiro atoms. The molecule has 2 aromatic rings. The normalized spacial score (nSPS) is 13.4. The van der Waals surface area contributed by atoms with Crippen LogP contribution in [0.2, 0.25) is 0 Å². The van der Waals surface area contributed by atoms with E-state index in [1.807, 2.05) is 31.2 Å². The summed E-state index contributed by atoms with van der Waals surface area (Å²) in [5.41, 5.74) is 0.847. The van der Waals surface area contributed by atoms with Crippen LogP contribution in [0.25, 0.3) is 0 Å². The molecule has 0 aliphatic rings. The molecule has 3 atom stereocenters. The lowest BCUT2D eigenvalue weighted by molar-refractivity contribution is -0.153. The fourth-order valence-corrected chi connectivity index (χ4v) is 3.19. The minimum absolute atomic E-state index is 0.0637. The number of pyridine rings is 1. The second-order valence-electron chi connectivity index (χ2n) is 7.49. The first-order valence-corrected chi connectivity index (χ1v) is 10.3. The van der Waals surface area contributed by atoms with Crippen LogP contribution in [0.4, 0.5) is 0 Å². The third-order valence-corrected chi connectivity index (χ3v) is 5.13. The molecule has 0 amide bonds. The highest BCUT2D eigenvalue weighted by Gasteiger charge is 2.28. The molecule has 8 nitrogen and oxygen atoms in total. The summed E-state index contributed by atoms with van der Waals surface area (Å²) in [5, 5.41) is 0. The predicted octanol–water partition coefficient (Wildman–Crippen LogP) is 3.97. The van der Waals surface area contributed by atoms with E-state index in [2.05, 4.69) is 4.98 Å². The summed E-state index contributed by atoms with van der Waals surface area (Å²) in [6.45, 7) is 6.56. The average molecular weight is 443 g/mol. The zero-order valence-corrected chi connectivity index (χ0v) is 19.2. The van der Waals surface area contributed by atoms with Gasteiger partial charge in [-0.25, -0.2) is 4.98 Å². The molecule has 0 aliphatic carbocycles. The van der Waals surface area contributed by atoms with Crippen LogP contribution in [0.15, 0.2) is 36.5 Å². The second-order valence-corrected chi connectivity index (χ2v) is 7.49. The molecule has 1 heterocycles. The number of esters is 2. The van der Waals surface area contributed by atoms with Crippen molar-refractivity contribution < 1.29 is 33.3 Å². The first-order valence-electron chi connectivity index (χ1n) is 10.3. The minimum atomic E-state index is -0.729. The van der Waals surface area contributed by atoms with Gasteiger partial charge in [-0.3, -0.25) is 14.4 Å². The lowest BCUT2D eigenvalue weighted by Crippen LogP contribution is -2.26. The summed E-state index contributed by atoms with van der Waals surface area (Å²) < 4.78 is 21.3. The fraction of sp³-hybridized carbons (Fsp3) is 0.417. The van der Waals surface area contributed by atoms with Crippen molar-refractivity contribution >= 4 is 17.7 Å². The summed E-state index contributed by atoms with van der Waals surface area (Å²) in [6.07, 6.45) is 0.769. The maximum atomic E-state index is 12.8. The zero-order chi connectivity index (χ0) is 23.8. The van der Waals surface area contributed by atoms with Gasteiger partial charge in [0.25, 0.3) is 0 Å². The largest absolute Gasteiger partial charge is 0.496 e. The molecule has 172 valence electrons. The third-order valence-electron chi connectivity index (χ3n) is 5.13. The number of ether oxygens (including phenoxy) is 4. The van der Waals surface area contributed by atoms with Gasteiger partial charge in [0.2, 0.25) is 5.75 Å². The molecule has 0 aliphatic heterocycles. The monoisotopic (exact) mass is 443 g/mol. The minimum Gasteiger partial charge on any atom is -0.496 e. The van der Waals surface area contributed by atoms with Crippen molar-refractivity contribution in [1.82, 2.24) is 4.98 Å². The Kier molecular flexibility index (Phi) is 8.75. The van der Waals surface area contributed by atoms with Crippen molar-refractivity contribution in [3.05, 3.63) is 47.8 Å². The van der Waals surface area contributed by atoms with Gasteiger partial charge < -0.3 is 18.9 Å². The van der Waals surface area contributed by atoms with Crippen LogP contribution in [0.5, 0.6) is 17.2 Å². The summed E-state index contributed by atoms with van der Waals surface area (Å²) in [7, 11) is 2.98. The quantitative estimate of drug-likeness (QED) is 0.402. The van der Waals surface area contributed by atoms with Crippen molar-refractivity contribution in [2.45, 2.75) is 46.1 Å². The van der Waals surface area contributed by atoms with Gasteiger partial charge in [0.1, 0.15) is 11.9 Å². The smallest absolute Gasteiger partial charge is 0.309 e. The summed E-state index contributed by atoms with van der Waals surface area (Å²) in [4.78, 5) is 40.9. The van der Waals surface area contributed by atoms with Crippen LogP contribution in [0, 0.1) is 5.92 Å². The van der Waals surface area contributed by atoms with Crippen molar-refractivity contribution in [2.75, 3.05) is 14.2 Å². The molecule has 1 aromatic carbocycles. The maximum absolute atomic E-state index is 12.8. The van der Waals surface area contributed by atoms with Crippen LogP contribution in [0.3, 0.4) is 0 Å². The van der Waals surface area contributed by atoms with E-state index in [0.717, 1.165) is 5.56 Å². The molecule has 0 saturated heterocycles. The number of carbonyl (C=O) groups excluding carboxylic acids is 3. The Morgan fingerprint density at radius 3 is 2.25 bits per heavy atom. The molecule has 0 radical (unpaired) electrons. The molecule has 1 aromatic heterocycles. The molecular weight excluding hydrogens is 414 g/mol. The Hall–Kier alpha value is -3.42. The number of Topliss-reactive ketones (excluding diaryl/α,β-unsaturated/α-hetero) is 1. The summed E-state index contributed by atoms with van der Waals surface area (Å²) >= 11 is 0. The van der Waals surface area contributed by atoms with Crippen molar-refractivity contribution in [3.63, 3.8) is 0 Å². The van der Waals surface area contributed by atoms with E-state index in [4.69, 9.17) is 18.9 Å². The highest BCUT2D eigenvalue weighted by atomic mass is 16.6. The van der Waals surface area contributed by atoms with E-state index in [-0.39, 0.29) is 29.5 Å². The highest BCUT2D eigenvalue weighted by Crippen LogP contribution is 2.32. The number of benzene rings is 1. The van der Waals surface area contributed by atoms with Gasteiger partial charge in [-0.2, -0.15) is 0 Å². The molecule has 8 heteroatoms. The van der Waals surface area contributed by atoms with Crippen LogP contribution in [0.1, 0.15) is 56.1 Å². The van der Waals surface area contributed by atoms with E-state index in [0.29, 0.717) is 5.75 Å². The van der Waals surface area contributed by atoms with E-state index < -0.39 is 29.7 Å². The Bertz CT molecular complexity index is 973. The molecule has 0 fully saturated rings. The van der Waals surface area contributed by atoms with E-state index in [1.54, 1.807) is 21.0 Å². The molecular formula is C24H29NO7. The zero-order valence-electron chi connectivity index (χ0n) is 19.2. The van der Waals surface area contributed by atoms with Gasteiger partial charge >= 0.3 is 11.9 Å². The number of carbonyl (C=O) groups is 3. The van der Waals surface area contributed by atoms with Gasteiger partial charge in [0.05, 0.1) is 20.1 Å². The van der Waals surface area contributed by atoms with Gasteiger partial charge in [0.15, 0.2) is 17.2 Å². The van der Waals surface area contributed by atoms with Crippen LogP contribution in [-0.4, -0.2) is 43.0 Å². The van der Waals surface area contributed by atoms with E-state index in [9.17, 15) is 14.4 Å². The number of hydrogen-bond acceptors (Lipinski definition) is 8. The topological polar surface area (TPSA) is 101 Å². The lowest BCUT2D eigenvalue weighted by atomic mass is 9.95. The molecule has 32 heavy (non-hydrogen) atoms. The first kappa shape index (κ1) is 24.8. The third kappa shape index (κ3) is 6.06. The number of ketones is 1. The van der Waals surface area contributed by atoms with Gasteiger partial charge in [-0.05, 0) is 13.0 Å². The number of methoxy groups -OCH3 is 2. The second kappa shape index (κ2) is 11.3. The molecule has 0 N–H and O–H groups in total. The predicted molar refractivity (Wildman–Crippen MR) is 117 cm³/mol. The van der Waals surface area contributed by atoms with Crippen LogP contribution < -0.4 is 14.2 Å².